The van der Waals surface area contributed by atoms with Crippen LogP contribution in [-0.4, -0.2) is 17.8 Å². The molecule has 0 saturated heterocycles. The minimum Gasteiger partial charge on any atom is -0.444 e. The SMILES string of the molecule is CC(N=C=O)c1ccc(Br)cc1NC(=O)OC(C)(C)C. The number of rotatable bonds is 3. The third kappa shape index (κ3) is 5.15. The molecule has 5 nitrogen and oxygen atoms in total. The van der Waals surface area contributed by atoms with E-state index in [0.717, 1.165) is 4.47 Å². The molecule has 20 heavy (non-hydrogen) atoms. The molecule has 0 aliphatic rings. The number of carbonyl (C=O) groups excluding carboxylic acids is 2. The molecule has 1 aromatic carbocycles. The van der Waals surface area contributed by atoms with Gasteiger partial charge in [-0.15, -0.1) is 0 Å². The van der Waals surface area contributed by atoms with Gasteiger partial charge in [0.2, 0.25) is 6.08 Å². The lowest BCUT2D eigenvalue weighted by molar-refractivity contribution is 0.0636. The van der Waals surface area contributed by atoms with Gasteiger partial charge in [0.1, 0.15) is 5.60 Å². The van der Waals surface area contributed by atoms with Gasteiger partial charge in [-0.2, -0.15) is 4.99 Å². The van der Waals surface area contributed by atoms with E-state index in [0.29, 0.717) is 11.3 Å². The highest BCUT2D eigenvalue weighted by atomic mass is 79.9. The fraction of sp³-hybridized carbons (Fsp3) is 0.429. The Bertz CT molecular complexity index is 546. The lowest BCUT2D eigenvalue weighted by atomic mass is 10.1. The molecule has 1 aromatic rings. The second kappa shape index (κ2) is 6.68. The number of anilines is 1. The van der Waals surface area contributed by atoms with Gasteiger partial charge in [-0.25, -0.2) is 9.59 Å². The number of hydrogen-bond donors (Lipinski definition) is 1. The average molecular weight is 341 g/mol. The van der Waals surface area contributed by atoms with E-state index in [1.54, 1.807) is 39.8 Å². The summed E-state index contributed by atoms with van der Waals surface area (Å²) in [6.45, 7) is 7.10. The minimum absolute atomic E-state index is 0.398. The number of nitrogens with one attached hydrogen (secondary N) is 1. The molecule has 1 N–H and O–H groups in total. The lowest BCUT2D eigenvalue weighted by Crippen LogP contribution is -2.27. The van der Waals surface area contributed by atoms with Crippen LogP contribution in [0.15, 0.2) is 27.7 Å². The number of ether oxygens (including phenoxy) is 1. The molecule has 0 radical (unpaired) electrons. The Morgan fingerprint density at radius 1 is 1.45 bits per heavy atom. The fourth-order valence-electron chi connectivity index (χ4n) is 1.56. The Balaban J connectivity index is 3.01. The summed E-state index contributed by atoms with van der Waals surface area (Å²) < 4.78 is 6.00. The maximum absolute atomic E-state index is 11.8. The molecule has 0 bridgehead atoms. The summed E-state index contributed by atoms with van der Waals surface area (Å²) in [5.41, 5.74) is 0.672. The maximum atomic E-state index is 11.8. The Hall–Kier alpha value is -1.65. The topological polar surface area (TPSA) is 67.8 Å². The summed E-state index contributed by atoms with van der Waals surface area (Å²) >= 11 is 3.34. The zero-order valence-electron chi connectivity index (χ0n) is 11.9. The molecular weight excluding hydrogens is 324 g/mol. The minimum atomic E-state index is -0.581. The molecule has 0 aromatic heterocycles. The largest absolute Gasteiger partial charge is 0.444 e. The van der Waals surface area contributed by atoms with Crippen LogP contribution in [0.4, 0.5) is 10.5 Å². The van der Waals surface area contributed by atoms with Crippen molar-refractivity contribution in [1.82, 2.24) is 0 Å². The monoisotopic (exact) mass is 340 g/mol. The van der Waals surface area contributed by atoms with E-state index >= 15 is 0 Å². The molecule has 1 rings (SSSR count). The zero-order chi connectivity index (χ0) is 15.3. The van der Waals surface area contributed by atoms with Crippen molar-refractivity contribution in [1.29, 1.82) is 0 Å². The number of halogens is 1. The van der Waals surface area contributed by atoms with Crippen molar-refractivity contribution in [3.05, 3.63) is 28.2 Å². The molecule has 0 saturated carbocycles. The fourth-order valence-corrected chi connectivity index (χ4v) is 1.92. The van der Waals surface area contributed by atoms with Gasteiger partial charge in [0, 0.05) is 10.0 Å². The number of nitrogens with zero attached hydrogens (tertiary/aromatic N) is 1. The lowest BCUT2D eigenvalue weighted by Gasteiger charge is -2.21. The van der Waals surface area contributed by atoms with E-state index in [1.165, 1.54) is 6.08 Å². The highest BCUT2D eigenvalue weighted by molar-refractivity contribution is 9.10. The van der Waals surface area contributed by atoms with E-state index in [-0.39, 0.29) is 0 Å². The van der Waals surface area contributed by atoms with Crippen LogP contribution in [0, 0.1) is 0 Å². The third-order valence-corrected chi connectivity index (χ3v) is 2.84. The van der Waals surface area contributed by atoms with E-state index in [1.807, 2.05) is 6.07 Å². The van der Waals surface area contributed by atoms with Gasteiger partial charge < -0.3 is 4.74 Å². The highest BCUT2D eigenvalue weighted by Gasteiger charge is 2.18. The summed E-state index contributed by atoms with van der Waals surface area (Å²) in [5, 5.41) is 2.67. The molecule has 0 aliphatic carbocycles. The molecule has 108 valence electrons. The molecular formula is C14H17BrN2O3. The molecule has 0 heterocycles. The van der Waals surface area contributed by atoms with Crippen LogP contribution >= 0.6 is 15.9 Å². The summed E-state index contributed by atoms with van der Waals surface area (Å²) in [5.74, 6) is 0. The Labute approximate surface area is 126 Å². The number of hydrogen-bond acceptors (Lipinski definition) is 4. The van der Waals surface area contributed by atoms with Crippen molar-refractivity contribution in [2.75, 3.05) is 5.32 Å². The van der Waals surface area contributed by atoms with Crippen LogP contribution < -0.4 is 5.32 Å². The first kappa shape index (κ1) is 16.4. The van der Waals surface area contributed by atoms with Crippen LogP contribution in [-0.2, 0) is 9.53 Å². The van der Waals surface area contributed by atoms with Gasteiger partial charge in [0.05, 0.1) is 11.7 Å². The smallest absolute Gasteiger partial charge is 0.412 e. The molecule has 6 heteroatoms. The van der Waals surface area contributed by atoms with Crippen LogP contribution in [0.3, 0.4) is 0 Å². The number of amides is 1. The third-order valence-electron chi connectivity index (χ3n) is 2.35. The predicted octanol–water partition coefficient (Wildman–Crippen LogP) is 4.19. The van der Waals surface area contributed by atoms with Gasteiger partial charge in [-0.3, -0.25) is 5.32 Å². The standard InChI is InChI=1S/C14H17BrN2O3/c1-9(16-8-18)11-6-5-10(15)7-12(11)17-13(19)20-14(2,3)4/h5-7,9H,1-4H3,(H,17,19). The van der Waals surface area contributed by atoms with Gasteiger partial charge in [0.15, 0.2) is 0 Å². The molecule has 0 fully saturated rings. The first-order valence-corrected chi connectivity index (χ1v) is 6.88. The summed E-state index contributed by atoms with van der Waals surface area (Å²) in [6.07, 6.45) is 0.962. The molecule has 0 aliphatic heterocycles. The van der Waals surface area contributed by atoms with Gasteiger partial charge in [-0.1, -0.05) is 22.0 Å². The number of carbonyl (C=O) groups is 1. The Morgan fingerprint density at radius 3 is 2.65 bits per heavy atom. The first-order chi connectivity index (χ1) is 9.23. The number of benzene rings is 1. The van der Waals surface area contributed by atoms with Crippen molar-refractivity contribution in [3.8, 4) is 0 Å². The van der Waals surface area contributed by atoms with E-state index in [2.05, 4.69) is 26.2 Å². The van der Waals surface area contributed by atoms with Crippen molar-refractivity contribution < 1.29 is 14.3 Å². The van der Waals surface area contributed by atoms with Crippen LogP contribution in [0.5, 0.6) is 0 Å². The van der Waals surface area contributed by atoms with Gasteiger partial charge in [-0.05, 0) is 39.8 Å². The van der Waals surface area contributed by atoms with Crippen molar-refractivity contribution in [3.63, 3.8) is 0 Å². The van der Waals surface area contributed by atoms with Crippen LogP contribution in [0.1, 0.15) is 39.3 Å². The molecule has 1 atom stereocenters. The predicted molar refractivity (Wildman–Crippen MR) is 80.5 cm³/mol. The second-order valence-corrected chi connectivity index (χ2v) is 6.17. The Morgan fingerprint density at radius 2 is 2.10 bits per heavy atom. The quantitative estimate of drug-likeness (QED) is 0.662. The second-order valence-electron chi connectivity index (χ2n) is 5.25. The highest BCUT2D eigenvalue weighted by Crippen LogP contribution is 2.28. The number of aliphatic imine (C=N–C) groups is 1. The van der Waals surface area contributed by atoms with Crippen molar-refractivity contribution >= 4 is 33.8 Å². The molecule has 1 amide bonds. The van der Waals surface area contributed by atoms with E-state index in [4.69, 9.17) is 4.74 Å². The Kier molecular flexibility index (Phi) is 5.48. The van der Waals surface area contributed by atoms with E-state index < -0.39 is 17.7 Å². The summed E-state index contributed by atoms with van der Waals surface area (Å²) in [7, 11) is 0. The van der Waals surface area contributed by atoms with Crippen LogP contribution in [0.25, 0.3) is 0 Å². The zero-order valence-corrected chi connectivity index (χ0v) is 13.4. The summed E-state index contributed by atoms with van der Waals surface area (Å²) in [4.78, 5) is 25.8. The average Bonchev–Trinajstić information content (AvgIpc) is 2.26. The van der Waals surface area contributed by atoms with E-state index in [9.17, 15) is 9.59 Å². The van der Waals surface area contributed by atoms with Crippen molar-refractivity contribution in [2.24, 2.45) is 4.99 Å². The number of isocyanates is 1. The van der Waals surface area contributed by atoms with Gasteiger partial charge in [0.25, 0.3) is 0 Å². The normalized spacial score (nSPS) is 12.2. The van der Waals surface area contributed by atoms with Gasteiger partial charge >= 0.3 is 6.09 Å². The maximum Gasteiger partial charge on any atom is 0.412 e. The first-order valence-electron chi connectivity index (χ1n) is 6.09. The summed E-state index contributed by atoms with van der Waals surface area (Å²) in [6, 6.07) is 4.93. The van der Waals surface area contributed by atoms with Crippen molar-refractivity contribution in [2.45, 2.75) is 39.3 Å². The molecule has 0 spiro atoms. The molecule has 1 unspecified atom stereocenters. The van der Waals surface area contributed by atoms with Crippen LogP contribution in [0.2, 0.25) is 0 Å².